The highest BCUT2D eigenvalue weighted by atomic mass is 35.5. The van der Waals surface area contributed by atoms with Crippen LogP contribution in [0, 0.1) is 0 Å². The zero-order chi connectivity index (χ0) is 15.8. The molecule has 3 aromatic rings. The second-order valence-electron chi connectivity index (χ2n) is 4.06. The zero-order valence-corrected chi connectivity index (χ0v) is 12.7. The molecule has 114 valence electrons. The molecule has 4 N–H and O–H groups in total. The second kappa shape index (κ2) is 8.06. The van der Waals surface area contributed by atoms with Crippen LogP contribution in [0.2, 0.25) is 5.02 Å². The van der Waals surface area contributed by atoms with E-state index in [9.17, 15) is 0 Å². The number of anilines is 1. The van der Waals surface area contributed by atoms with E-state index in [1.165, 1.54) is 13.4 Å². The Hall–Kier alpha value is -2.51. The van der Waals surface area contributed by atoms with Crippen molar-refractivity contribution in [2.75, 3.05) is 12.4 Å². The molecule has 0 bridgehead atoms. The maximum atomic E-state index is 5.83. The monoisotopic (exact) mass is 317 g/mol. The summed E-state index contributed by atoms with van der Waals surface area (Å²) in [6.45, 7) is 0.541. The van der Waals surface area contributed by atoms with Crippen molar-refractivity contribution in [2.24, 2.45) is 5.73 Å². The minimum atomic E-state index is 0.541. The van der Waals surface area contributed by atoms with E-state index in [0.29, 0.717) is 23.1 Å². The lowest BCUT2D eigenvalue weighted by Crippen LogP contribution is -2.01. The maximum Gasteiger partial charge on any atom is 0.199 e. The van der Waals surface area contributed by atoms with Gasteiger partial charge in [-0.1, -0.05) is 11.6 Å². The molecule has 0 spiro atoms. The topological polar surface area (TPSA) is 105 Å². The number of H-pyrrole nitrogens is 1. The van der Waals surface area contributed by atoms with Crippen LogP contribution in [0.15, 0.2) is 42.9 Å². The fraction of sp³-hybridized carbons (Fsp3) is 0.143. The molecule has 2 heterocycles. The normalized spacial score (nSPS) is 9.77. The number of hydrogen-bond donors (Lipinski definition) is 3. The lowest BCUT2D eigenvalue weighted by Gasteiger charge is -2.03. The smallest absolute Gasteiger partial charge is 0.199 e. The van der Waals surface area contributed by atoms with Crippen molar-refractivity contribution < 1.29 is 0 Å². The summed E-state index contributed by atoms with van der Waals surface area (Å²) in [4.78, 5) is 12.3. The van der Waals surface area contributed by atoms with Crippen molar-refractivity contribution in [3.63, 3.8) is 0 Å². The Balaban J connectivity index is 0.000000847. The Bertz CT molecular complexity index is 682. The van der Waals surface area contributed by atoms with E-state index in [-0.39, 0.29) is 0 Å². The van der Waals surface area contributed by atoms with Gasteiger partial charge in [0.25, 0.3) is 0 Å². The van der Waals surface area contributed by atoms with Crippen molar-refractivity contribution in [3.8, 4) is 11.5 Å². The minimum Gasteiger partial charge on any atom is -0.378 e. The van der Waals surface area contributed by atoms with Gasteiger partial charge in [0.15, 0.2) is 5.82 Å². The first-order chi connectivity index (χ1) is 10.8. The van der Waals surface area contributed by atoms with Crippen LogP contribution in [0.25, 0.3) is 11.5 Å². The van der Waals surface area contributed by atoms with Gasteiger partial charge in [0.2, 0.25) is 0 Å². The molecule has 0 saturated heterocycles. The fourth-order valence-corrected chi connectivity index (χ4v) is 1.79. The van der Waals surface area contributed by atoms with Crippen LogP contribution >= 0.6 is 11.6 Å². The Labute approximate surface area is 133 Å². The van der Waals surface area contributed by atoms with Crippen LogP contribution in [-0.2, 0) is 6.54 Å². The number of nitrogens with zero attached hydrogens (tertiary/aromatic N) is 4. The summed E-state index contributed by atoms with van der Waals surface area (Å²) < 4.78 is 0. The van der Waals surface area contributed by atoms with Gasteiger partial charge in [0, 0.05) is 16.9 Å². The minimum absolute atomic E-state index is 0.541. The predicted molar refractivity (Wildman–Crippen MR) is 86.3 cm³/mol. The summed E-state index contributed by atoms with van der Waals surface area (Å²) in [5.74, 6) is 1.29. The van der Waals surface area contributed by atoms with Gasteiger partial charge < -0.3 is 11.1 Å². The highest BCUT2D eigenvalue weighted by molar-refractivity contribution is 6.30. The molecule has 0 unspecified atom stereocenters. The van der Waals surface area contributed by atoms with Gasteiger partial charge in [-0.3, -0.25) is 5.10 Å². The number of benzene rings is 1. The molecule has 0 aliphatic carbocycles. The average molecular weight is 318 g/mol. The molecule has 1 aromatic carbocycles. The summed E-state index contributed by atoms with van der Waals surface area (Å²) in [6, 6.07) is 9.24. The van der Waals surface area contributed by atoms with E-state index in [1.807, 2.05) is 24.3 Å². The van der Waals surface area contributed by atoms with Crippen molar-refractivity contribution in [1.82, 2.24) is 25.1 Å². The van der Waals surface area contributed by atoms with Gasteiger partial charge in [-0.2, -0.15) is 5.10 Å². The maximum absolute atomic E-state index is 5.83. The van der Waals surface area contributed by atoms with E-state index in [0.717, 1.165) is 11.5 Å². The zero-order valence-electron chi connectivity index (χ0n) is 12.0. The van der Waals surface area contributed by atoms with Crippen LogP contribution in [0.5, 0.6) is 0 Å². The lowest BCUT2D eigenvalue weighted by atomic mass is 10.3. The third-order valence-electron chi connectivity index (χ3n) is 2.65. The molecule has 0 saturated carbocycles. The average Bonchev–Trinajstić information content (AvgIpc) is 3.06. The molecular weight excluding hydrogens is 302 g/mol. The molecule has 0 radical (unpaired) electrons. The lowest BCUT2D eigenvalue weighted by molar-refractivity contribution is 0.955. The third kappa shape index (κ3) is 4.24. The summed E-state index contributed by atoms with van der Waals surface area (Å²) in [6.07, 6.45) is 3.13. The molecule has 0 fully saturated rings. The number of nitrogens with one attached hydrogen (secondary N) is 2. The Morgan fingerprint density at radius 3 is 2.64 bits per heavy atom. The first-order valence-corrected chi connectivity index (χ1v) is 6.94. The number of aromatic nitrogens is 5. The third-order valence-corrected chi connectivity index (χ3v) is 2.90. The Morgan fingerprint density at radius 1 is 1.18 bits per heavy atom. The largest absolute Gasteiger partial charge is 0.378 e. The highest BCUT2D eigenvalue weighted by Crippen LogP contribution is 2.14. The van der Waals surface area contributed by atoms with Crippen molar-refractivity contribution >= 4 is 17.3 Å². The van der Waals surface area contributed by atoms with Crippen LogP contribution in [-0.4, -0.2) is 32.2 Å². The van der Waals surface area contributed by atoms with Crippen LogP contribution < -0.4 is 11.1 Å². The van der Waals surface area contributed by atoms with Gasteiger partial charge >= 0.3 is 0 Å². The quantitative estimate of drug-likeness (QED) is 0.680. The van der Waals surface area contributed by atoms with Gasteiger partial charge in [0.1, 0.15) is 17.8 Å². The predicted octanol–water partition coefficient (Wildman–Crippen LogP) is 2.10. The highest BCUT2D eigenvalue weighted by Gasteiger charge is 2.06. The molecule has 0 aliphatic rings. The molecule has 22 heavy (non-hydrogen) atoms. The van der Waals surface area contributed by atoms with Gasteiger partial charge in [-0.15, -0.1) is 0 Å². The number of nitrogens with two attached hydrogens (primary N) is 1. The van der Waals surface area contributed by atoms with Gasteiger partial charge in [-0.25, -0.2) is 15.0 Å². The number of aromatic amines is 1. The van der Waals surface area contributed by atoms with Crippen molar-refractivity contribution in [2.45, 2.75) is 6.54 Å². The van der Waals surface area contributed by atoms with Crippen molar-refractivity contribution in [1.29, 1.82) is 0 Å². The molecule has 2 aromatic heterocycles. The van der Waals surface area contributed by atoms with Crippen LogP contribution in [0.3, 0.4) is 0 Å². The SMILES string of the molecule is CN.Clc1ccc(NCc2nc(-c3ccncn3)n[nH]2)cc1. The number of halogens is 1. The molecular formula is C14H16ClN7. The number of hydrogen-bond acceptors (Lipinski definition) is 6. The molecule has 8 heteroatoms. The molecule has 0 aliphatic heterocycles. The van der Waals surface area contributed by atoms with Gasteiger partial charge in [0.05, 0.1) is 6.54 Å². The second-order valence-corrected chi connectivity index (χ2v) is 4.50. The van der Waals surface area contributed by atoms with Crippen LogP contribution in [0.1, 0.15) is 5.82 Å². The summed E-state index contributed by atoms with van der Waals surface area (Å²) in [5, 5.41) is 10.9. The van der Waals surface area contributed by atoms with Crippen LogP contribution in [0.4, 0.5) is 5.69 Å². The molecule has 7 nitrogen and oxygen atoms in total. The summed E-state index contributed by atoms with van der Waals surface area (Å²) in [7, 11) is 1.50. The number of rotatable bonds is 4. The summed E-state index contributed by atoms with van der Waals surface area (Å²) >= 11 is 5.83. The first-order valence-electron chi connectivity index (χ1n) is 6.56. The Morgan fingerprint density at radius 2 is 1.95 bits per heavy atom. The van der Waals surface area contributed by atoms with E-state index < -0.39 is 0 Å². The van der Waals surface area contributed by atoms with E-state index in [4.69, 9.17) is 11.6 Å². The molecule has 0 amide bonds. The van der Waals surface area contributed by atoms with E-state index in [1.54, 1.807) is 12.3 Å². The van der Waals surface area contributed by atoms with Gasteiger partial charge in [-0.05, 0) is 37.4 Å². The summed E-state index contributed by atoms with van der Waals surface area (Å²) in [5.41, 5.74) is 6.16. The molecule has 3 rings (SSSR count). The molecule has 0 atom stereocenters. The standard InChI is InChI=1S/C13H11ClN6.CH5N/c14-9-1-3-10(4-2-9)16-7-12-18-13(20-19-12)11-5-6-15-8-17-11;1-2/h1-6,8,16H,7H2,(H,18,19,20);2H2,1H3. The van der Waals surface area contributed by atoms with E-state index >= 15 is 0 Å². The Kier molecular flexibility index (Phi) is 5.81. The first kappa shape index (κ1) is 15.9. The fourth-order valence-electron chi connectivity index (χ4n) is 1.67. The van der Waals surface area contributed by atoms with Crippen molar-refractivity contribution in [3.05, 3.63) is 53.7 Å². The van der Waals surface area contributed by atoms with E-state index in [2.05, 4.69) is 36.2 Å².